The average Bonchev–Trinajstić information content (AvgIpc) is 2.48. The fraction of sp³-hybridized carbons (Fsp3) is 0.778. The molecule has 1 amide bonds. The highest BCUT2D eigenvalue weighted by Crippen LogP contribution is 2.27. The molecule has 2 N–H and O–H groups in total. The average molecular weight is 201 g/mol. The monoisotopic (exact) mass is 201 g/mol. The predicted molar refractivity (Wildman–Crippen MR) is 49.2 cm³/mol. The van der Waals surface area contributed by atoms with Crippen LogP contribution in [0.2, 0.25) is 0 Å². The van der Waals surface area contributed by atoms with Gasteiger partial charge in [-0.15, -0.1) is 0 Å². The summed E-state index contributed by atoms with van der Waals surface area (Å²) in [4.78, 5) is 22.7. The molecule has 0 aromatic rings. The Balaban J connectivity index is 2.74. The maximum atomic E-state index is 10.9. The quantitative estimate of drug-likeness (QED) is 0.723. The van der Waals surface area contributed by atoms with E-state index >= 15 is 0 Å². The molecule has 0 aliphatic carbocycles. The molecule has 0 bridgehead atoms. The molecule has 5 heteroatoms. The normalized spacial score (nSPS) is 26.5. The van der Waals surface area contributed by atoms with Gasteiger partial charge in [0.05, 0.1) is 0 Å². The summed E-state index contributed by atoms with van der Waals surface area (Å²) in [6, 6.07) is -0.956. The van der Waals surface area contributed by atoms with Crippen LogP contribution in [-0.2, 0) is 4.79 Å². The molecule has 1 saturated heterocycles. The summed E-state index contributed by atoms with van der Waals surface area (Å²) in [5.41, 5.74) is 0. The Kier molecular flexibility index (Phi) is 3.33. The van der Waals surface area contributed by atoms with E-state index in [-0.39, 0.29) is 6.04 Å². The maximum Gasteiger partial charge on any atom is 0.408 e. The Hall–Kier alpha value is -1.26. The van der Waals surface area contributed by atoms with Gasteiger partial charge in [-0.05, 0) is 19.3 Å². The van der Waals surface area contributed by atoms with Gasteiger partial charge in [-0.2, -0.15) is 0 Å². The number of rotatable bonds is 3. The minimum absolute atomic E-state index is 0.112. The third kappa shape index (κ3) is 1.97. The first-order valence-electron chi connectivity index (χ1n) is 4.82. The first kappa shape index (κ1) is 10.8. The molecule has 1 aliphatic heterocycles. The van der Waals surface area contributed by atoms with E-state index in [0.717, 1.165) is 17.7 Å². The third-order valence-electron chi connectivity index (χ3n) is 2.63. The van der Waals surface area contributed by atoms with E-state index in [1.165, 1.54) is 0 Å². The van der Waals surface area contributed by atoms with Crippen LogP contribution in [0.3, 0.4) is 0 Å². The van der Waals surface area contributed by atoms with Crippen molar-refractivity contribution in [1.29, 1.82) is 0 Å². The summed E-state index contributed by atoms with van der Waals surface area (Å²) in [7, 11) is 0. The second kappa shape index (κ2) is 4.30. The number of hydrogen-bond donors (Lipinski definition) is 2. The zero-order valence-corrected chi connectivity index (χ0v) is 8.14. The van der Waals surface area contributed by atoms with Gasteiger partial charge >= 0.3 is 12.1 Å². The molecule has 1 fully saturated rings. The molecule has 14 heavy (non-hydrogen) atoms. The maximum absolute atomic E-state index is 10.9. The molecule has 0 spiro atoms. The van der Waals surface area contributed by atoms with E-state index in [1.54, 1.807) is 0 Å². The smallest absolute Gasteiger partial charge is 0.408 e. The molecule has 0 aromatic heterocycles. The fourth-order valence-corrected chi connectivity index (χ4v) is 2.03. The molecule has 0 saturated carbocycles. The highest BCUT2D eigenvalue weighted by atomic mass is 16.4. The van der Waals surface area contributed by atoms with Crippen molar-refractivity contribution in [3.63, 3.8) is 0 Å². The van der Waals surface area contributed by atoms with E-state index in [4.69, 9.17) is 10.2 Å². The first-order valence-corrected chi connectivity index (χ1v) is 4.82. The van der Waals surface area contributed by atoms with Gasteiger partial charge in [0.15, 0.2) is 0 Å². The summed E-state index contributed by atoms with van der Waals surface area (Å²) < 4.78 is 0. The van der Waals surface area contributed by atoms with Gasteiger partial charge in [0.2, 0.25) is 0 Å². The number of carboxylic acids is 1. The van der Waals surface area contributed by atoms with Crippen LogP contribution in [0.1, 0.15) is 32.6 Å². The van der Waals surface area contributed by atoms with E-state index in [2.05, 4.69) is 0 Å². The molecular formula is C9H15NO4. The first-order chi connectivity index (χ1) is 6.57. The van der Waals surface area contributed by atoms with Gasteiger partial charge in [0, 0.05) is 6.04 Å². The summed E-state index contributed by atoms with van der Waals surface area (Å²) in [5.74, 6) is -1.04. The van der Waals surface area contributed by atoms with Crippen molar-refractivity contribution in [3.05, 3.63) is 0 Å². The summed E-state index contributed by atoms with van der Waals surface area (Å²) in [5, 5.41) is 17.7. The highest BCUT2D eigenvalue weighted by Gasteiger charge is 2.40. The molecule has 1 aliphatic rings. The van der Waals surface area contributed by atoms with Gasteiger partial charge in [0.1, 0.15) is 6.04 Å². The van der Waals surface area contributed by atoms with Gasteiger partial charge in [-0.25, -0.2) is 9.59 Å². The number of carbonyl (C=O) groups is 2. The van der Waals surface area contributed by atoms with Crippen LogP contribution in [-0.4, -0.2) is 39.3 Å². The van der Waals surface area contributed by atoms with Gasteiger partial charge in [-0.3, -0.25) is 4.90 Å². The standard InChI is InChI=1S/C9H15NO4/c1-2-3-6-4-5-7(8(11)12)10(6)9(13)14/h6-7H,2-5H2,1H3,(H,11,12)(H,13,14)/t6-,7+/m1/s1. The molecule has 1 rings (SSSR count). The van der Waals surface area contributed by atoms with E-state index in [0.29, 0.717) is 12.8 Å². The van der Waals surface area contributed by atoms with E-state index in [9.17, 15) is 9.59 Å². The molecule has 2 atom stereocenters. The second-order valence-corrected chi connectivity index (χ2v) is 3.56. The number of hydrogen-bond acceptors (Lipinski definition) is 2. The Morgan fingerprint density at radius 1 is 1.36 bits per heavy atom. The van der Waals surface area contributed by atoms with Crippen molar-refractivity contribution in [1.82, 2.24) is 4.90 Å². The van der Waals surface area contributed by atoms with Gasteiger partial charge < -0.3 is 10.2 Å². The van der Waals surface area contributed by atoms with Crippen molar-refractivity contribution in [3.8, 4) is 0 Å². The Morgan fingerprint density at radius 2 is 2.00 bits per heavy atom. The van der Waals surface area contributed by atoms with Crippen molar-refractivity contribution >= 4 is 12.1 Å². The SMILES string of the molecule is CCC[C@@H]1CC[C@@H](C(=O)O)N1C(=O)O. The molecular weight excluding hydrogens is 186 g/mol. The topological polar surface area (TPSA) is 77.8 Å². The number of aliphatic carboxylic acids is 1. The lowest BCUT2D eigenvalue weighted by molar-refractivity contribution is -0.142. The second-order valence-electron chi connectivity index (χ2n) is 3.56. The molecule has 5 nitrogen and oxygen atoms in total. The summed E-state index contributed by atoms with van der Waals surface area (Å²) in [6.45, 7) is 1.97. The minimum Gasteiger partial charge on any atom is -0.480 e. The van der Waals surface area contributed by atoms with Crippen molar-refractivity contribution in [2.75, 3.05) is 0 Å². The zero-order chi connectivity index (χ0) is 10.7. The number of amides is 1. The van der Waals surface area contributed by atoms with Crippen molar-refractivity contribution < 1.29 is 19.8 Å². The predicted octanol–water partition coefficient (Wildman–Crippen LogP) is 1.38. The van der Waals surface area contributed by atoms with Crippen LogP contribution in [0.25, 0.3) is 0 Å². The lowest BCUT2D eigenvalue weighted by Gasteiger charge is -2.24. The molecule has 80 valence electrons. The molecule has 0 aromatic carbocycles. The Morgan fingerprint density at radius 3 is 2.43 bits per heavy atom. The van der Waals surface area contributed by atoms with E-state index < -0.39 is 18.1 Å². The highest BCUT2D eigenvalue weighted by molar-refractivity contribution is 5.80. The van der Waals surface area contributed by atoms with Gasteiger partial charge in [-0.1, -0.05) is 13.3 Å². The van der Waals surface area contributed by atoms with Crippen molar-refractivity contribution in [2.45, 2.75) is 44.7 Å². The Bertz CT molecular complexity index is 241. The van der Waals surface area contributed by atoms with Gasteiger partial charge in [0.25, 0.3) is 0 Å². The fourth-order valence-electron chi connectivity index (χ4n) is 2.03. The summed E-state index contributed by atoms with van der Waals surface area (Å²) >= 11 is 0. The largest absolute Gasteiger partial charge is 0.480 e. The van der Waals surface area contributed by atoms with Crippen LogP contribution >= 0.6 is 0 Å². The number of carboxylic acid groups (broad SMARTS) is 2. The lowest BCUT2D eigenvalue weighted by Crippen LogP contribution is -2.44. The van der Waals surface area contributed by atoms with Crippen LogP contribution in [0, 0.1) is 0 Å². The minimum atomic E-state index is -1.12. The Labute approximate surface area is 82.3 Å². The van der Waals surface area contributed by atoms with E-state index in [1.807, 2.05) is 6.92 Å². The van der Waals surface area contributed by atoms with Crippen molar-refractivity contribution in [2.24, 2.45) is 0 Å². The number of likely N-dealkylation sites (tertiary alicyclic amines) is 1. The third-order valence-corrected chi connectivity index (χ3v) is 2.63. The molecule has 0 unspecified atom stereocenters. The molecule has 1 heterocycles. The number of nitrogens with zero attached hydrogens (tertiary/aromatic N) is 1. The molecule has 0 radical (unpaired) electrons. The zero-order valence-electron chi connectivity index (χ0n) is 8.14. The van der Waals surface area contributed by atoms with Crippen LogP contribution in [0.4, 0.5) is 4.79 Å². The van der Waals surface area contributed by atoms with Crippen LogP contribution in [0.15, 0.2) is 0 Å². The summed E-state index contributed by atoms with van der Waals surface area (Å²) in [6.07, 6.45) is 1.61. The van der Waals surface area contributed by atoms with Crippen LogP contribution < -0.4 is 0 Å². The lowest BCUT2D eigenvalue weighted by atomic mass is 10.1. The van der Waals surface area contributed by atoms with Crippen LogP contribution in [0.5, 0.6) is 0 Å².